The van der Waals surface area contributed by atoms with Crippen LogP contribution in [0, 0.1) is 23.7 Å². The predicted molar refractivity (Wildman–Crippen MR) is 282 cm³/mol. The lowest BCUT2D eigenvalue weighted by molar-refractivity contribution is -0.143. The molecule has 3 aromatic carbocycles. The summed E-state index contributed by atoms with van der Waals surface area (Å²) in [6.07, 6.45) is 1.39. The summed E-state index contributed by atoms with van der Waals surface area (Å²) >= 11 is 0. The number of amides is 6. The van der Waals surface area contributed by atoms with E-state index in [9.17, 15) is 38.4 Å². The first kappa shape index (κ1) is 57.4. The van der Waals surface area contributed by atoms with Crippen LogP contribution in [0.25, 0.3) is 0 Å². The Bertz CT molecular complexity index is 2260. The van der Waals surface area contributed by atoms with Gasteiger partial charge in [0.2, 0.25) is 35.4 Å². The van der Waals surface area contributed by atoms with E-state index >= 15 is 0 Å². The van der Waals surface area contributed by atoms with Crippen molar-refractivity contribution in [3.8, 4) is 0 Å². The molecule has 396 valence electrons. The number of likely N-dealkylation sites (tertiary alicyclic amines) is 2. The summed E-state index contributed by atoms with van der Waals surface area (Å²) in [6, 6.07) is 17.8. The number of hydrogen-bond donors (Lipinski definition) is 7. The highest BCUT2D eigenvalue weighted by atomic mass is 16.2. The maximum atomic E-state index is 14.6. The molecule has 0 radical (unpaired) electrons. The molecule has 2 fully saturated rings. The van der Waals surface area contributed by atoms with E-state index in [4.69, 9.17) is 5.73 Å². The highest BCUT2D eigenvalue weighted by Gasteiger charge is 2.46. The maximum absolute atomic E-state index is 14.6. The van der Waals surface area contributed by atoms with Gasteiger partial charge in [0.1, 0.15) is 24.2 Å². The molecule has 5 rings (SSSR count). The van der Waals surface area contributed by atoms with Crippen molar-refractivity contribution in [2.45, 2.75) is 142 Å². The first-order chi connectivity index (χ1) is 34.7. The molecule has 3 aromatic rings. The zero-order valence-corrected chi connectivity index (χ0v) is 44.3. The molecule has 8 N–H and O–H groups in total. The smallest absolute Gasteiger partial charge is 0.246 e. The zero-order valence-electron chi connectivity index (χ0n) is 44.3. The van der Waals surface area contributed by atoms with E-state index in [1.54, 1.807) is 27.9 Å². The number of nitrogens with one attached hydrogen (secondary N) is 6. The quantitative estimate of drug-likeness (QED) is 0.0471. The van der Waals surface area contributed by atoms with Gasteiger partial charge in [0.15, 0.2) is 11.6 Å². The van der Waals surface area contributed by atoms with Crippen molar-refractivity contribution in [3.05, 3.63) is 101 Å². The summed E-state index contributed by atoms with van der Waals surface area (Å²) in [5.41, 5.74) is 8.71. The van der Waals surface area contributed by atoms with Crippen molar-refractivity contribution in [1.82, 2.24) is 41.7 Å². The summed E-state index contributed by atoms with van der Waals surface area (Å²) in [7, 11) is 3.30. The van der Waals surface area contributed by atoms with Crippen molar-refractivity contribution in [1.29, 1.82) is 0 Å². The van der Waals surface area contributed by atoms with Gasteiger partial charge in [-0.1, -0.05) is 101 Å². The van der Waals surface area contributed by atoms with Crippen molar-refractivity contribution >= 4 is 52.7 Å². The molecular formula is C56H79N9O8. The molecule has 0 unspecified atom stereocenters. The number of carbonyl (C=O) groups excluding carboxylic acids is 8. The second-order valence-electron chi connectivity index (χ2n) is 20.4. The van der Waals surface area contributed by atoms with E-state index in [2.05, 4.69) is 31.9 Å². The molecule has 2 saturated heterocycles. The van der Waals surface area contributed by atoms with Crippen LogP contribution >= 0.6 is 0 Å². The molecule has 6 amide bonds. The standard InChI is InChI=1S/C56H79N9O8/c1-11-32(3)49(62-51(68)36(7)58-9)55(72)64-30-38(23-45(64)53(70)60-34(5)40-19-15-13-16-20-40)25-47(66)42-27-43(29-44(57)28-42)48(67)26-39-24-46(54(71)61-35(6)41-21-17-14-18-22-41)65(31-39)56(73)50(33(4)12-2)63-52(69)37(8)59-10/h13-22,27-29,32-39,45-46,49-50,58-59H,11-12,23-26,30-31,57H2,1-10H3,(H,60,70)(H,61,71)(H,62,68)(H,63,69)/t32-,33-,34-,35-,36+,37+,38-,39-,45+,46+,49+,50+/m1/s1. The minimum atomic E-state index is -0.932. The molecule has 0 aliphatic carbocycles. The molecule has 0 spiro atoms. The van der Waals surface area contributed by atoms with Crippen LogP contribution in [-0.2, 0) is 28.8 Å². The normalized spacial score (nSPS) is 20.8. The Morgan fingerprint density at radius 1 is 0.548 bits per heavy atom. The number of nitrogen functional groups attached to an aromatic ring is 1. The lowest BCUT2D eigenvalue weighted by Gasteiger charge is -2.32. The zero-order chi connectivity index (χ0) is 53.7. The number of Topliss-reactive ketones (excluding diaryl/α,β-unsaturated/α-hetero) is 2. The van der Waals surface area contributed by atoms with E-state index in [1.165, 1.54) is 28.0 Å². The molecule has 0 aromatic heterocycles. The van der Waals surface area contributed by atoms with Gasteiger partial charge in [-0.15, -0.1) is 0 Å². The monoisotopic (exact) mass is 1010 g/mol. The van der Waals surface area contributed by atoms with Gasteiger partial charge in [-0.2, -0.15) is 0 Å². The molecule has 2 heterocycles. The Morgan fingerprint density at radius 2 is 0.904 bits per heavy atom. The SMILES string of the molecule is CC[C@@H](C)[C@H](NC(=O)[C@H](C)NC)C(=O)N1C[C@@H](CC(=O)c2cc(N)cc(C(=O)C[C@H]3C[C@@H](C(=O)N[C@H](C)c4ccccc4)N(C(=O)[C@@H](NC(=O)[C@H](C)NC)[C@H](C)CC)C3)c2)C[C@H]1C(=O)N[C@H](C)c1ccccc1. The van der Waals surface area contributed by atoms with Crippen LogP contribution in [0.1, 0.15) is 138 Å². The van der Waals surface area contributed by atoms with Gasteiger partial charge < -0.3 is 47.4 Å². The van der Waals surface area contributed by atoms with Gasteiger partial charge in [-0.05, 0) is 108 Å². The van der Waals surface area contributed by atoms with Crippen LogP contribution in [0.5, 0.6) is 0 Å². The Hall–Kier alpha value is -6.46. The van der Waals surface area contributed by atoms with Crippen LogP contribution in [0.4, 0.5) is 5.69 Å². The maximum Gasteiger partial charge on any atom is 0.246 e. The minimum Gasteiger partial charge on any atom is -0.399 e. The van der Waals surface area contributed by atoms with Gasteiger partial charge >= 0.3 is 0 Å². The first-order valence-corrected chi connectivity index (χ1v) is 25.9. The van der Waals surface area contributed by atoms with E-state index in [-0.39, 0.29) is 115 Å². The van der Waals surface area contributed by atoms with E-state index in [0.717, 1.165) is 11.1 Å². The summed E-state index contributed by atoms with van der Waals surface area (Å²) in [6.45, 7) is 14.9. The highest BCUT2D eigenvalue weighted by Crippen LogP contribution is 2.33. The average molecular weight is 1010 g/mol. The lowest BCUT2D eigenvalue weighted by Crippen LogP contribution is -2.57. The highest BCUT2D eigenvalue weighted by molar-refractivity contribution is 6.03. The summed E-state index contributed by atoms with van der Waals surface area (Å²) in [5, 5.41) is 17.8. The average Bonchev–Trinajstić information content (AvgIpc) is 4.03. The van der Waals surface area contributed by atoms with Crippen LogP contribution in [0.3, 0.4) is 0 Å². The molecule has 0 saturated carbocycles. The van der Waals surface area contributed by atoms with Crippen LogP contribution in [-0.4, -0.2) is 120 Å². The number of ketones is 2. The number of anilines is 1. The summed E-state index contributed by atoms with van der Waals surface area (Å²) in [4.78, 5) is 115. The fourth-order valence-electron chi connectivity index (χ4n) is 9.67. The molecular weight excluding hydrogens is 927 g/mol. The molecule has 2 aliphatic rings. The molecule has 0 bridgehead atoms. The third-order valence-corrected chi connectivity index (χ3v) is 15.0. The van der Waals surface area contributed by atoms with E-state index < -0.39 is 59.9 Å². The van der Waals surface area contributed by atoms with Gasteiger partial charge in [-0.3, -0.25) is 38.4 Å². The minimum absolute atomic E-state index is 0.0606. The van der Waals surface area contributed by atoms with Crippen molar-refractivity contribution in [3.63, 3.8) is 0 Å². The van der Waals surface area contributed by atoms with Gasteiger partial charge in [0.25, 0.3) is 0 Å². The lowest BCUT2D eigenvalue weighted by atomic mass is 9.92. The summed E-state index contributed by atoms with van der Waals surface area (Å²) in [5.74, 6) is -4.40. The number of nitrogens with zero attached hydrogens (tertiary/aromatic N) is 2. The van der Waals surface area contributed by atoms with Crippen molar-refractivity contribution < 1.29 is 38.4 Å². The number of nitrogens with two attached hydrogens (primary N) is 1. The molecule has 17 heteroatoms. The van der Waals surface area contributed by atoms with Gasteiger partial charge in [0.05, 0.1) is 24.2 Å². The second kappa shape index (κ2) is 26.5. The van der Waals surface area contributed by atoms with Crippen molar-refractivity contribution in [2.75, 3.05) is 32.9 Å². The van der Waals surface area contributed by atoms with Gasteiger partial charge in [0, 0.05) is 42.7 Å². The van der Waals surface area contributed by atoms with E-state index in [0.29, 0.717) is 12.8 Å². The second-order valence-corrected chi connectivity index (χ2v) is 20.4. The first-order valence-electron chi connectivity index (χ1n) is 25.9. The van der Waals surface area contributed by atoms with Crippen molar-refractivity contribution in [2.24, 2.45) is 23.7 Å². The number of likely N-dealkylation sites (N-methyl/N-ethyl adjacent to an activating group) is 2. The Labute approximate surface area is 431 Å². The Morgan fingerprint density at radius 3 is 1.23 bits per heavy atom. The predicted octanol–water partition coefficient (Wildman–Crippen LogP) is 4.88. The largest absolute Gasteiger partial charge is 0.399 e. The summed E-state index contributed by atoms with van der Waals surface area (Å²) < 4.78 is 0. The fraction of sp³-hybridized carbons (Fsp3) is 0.536. The van der Waals surface area contributed by atoms with Gasteiger partial charge in [-0.25, -0.2) is 0 Å². The Balaban J connectivity index is 1.37. The topological polar surface area (TPSA) is 241 Å². The van der Waals surface area contributed by atoms with E-state index in [1.807, 2.05) is 102 Å². The molecule has 73 heavy (non-hydrogen) atoms. The number of carbonyl (C=O) groups is 8. The molecule has 2 aliphatic heterocycles. The molecule has 12 atom stereocenters. The van der Waals surface area contributed by atoms with Crippen LogP contribution < -0.4 is 37.6 Å². The Kier molecular flexibility index (Phi) is 20.8. The number of rotatable bonds is 24. The van der Waals surface area contributed by atoms with Crippen LogP contribution in [0.2, 0.25) is 0 Å². The number of benzene rings is 3. The number of hydrogen-bond acceptors (Lipinski definition) is 11. The molecule has 17 nitrogen and oxygen atoms in total. The third-order valence-electron chi connectivity index (χ3n) is 15.0. The fourth-order valence-corrected chi connectivity index (χ4v) is 9.67. The third kappa shape index (κ3) is 14.8. The van der Waals surface area contributed by atoms with Crippen LogP contribution in [0.15, 0.2) is 78.9 Å².